The zero-order chi connectivity index (χ0) is 22.6. The van der Waals surface area contributed by atoms with Crippen LogP contribution >= 0.6 is 0 Å². The SMILES string of the molecule is CC(C)N/C(=C\C(=N)c1cnc(N)c(OC(F)F)c1)[C@H]1[C@@H]2C[C@H](N3C[C@@H]4C[C@H]3CO4)C[C@@H]21. The Morgan fingerprint density at radius 2 is 2.06 bits per heavy atom. The molecule has 2 bridgehead atoms. The van der Waals surface area contributed by atoms with Crippen LogP contribution in [0.4, 0.5) is 14.6 Å². The number of ether oxygens (including phenoxy) is 2. The lowest BCUT2D eigenvalue weighted by Crippen LogP contribution is -2.44. The zero-order valence-corrected chi connectivity index (χ0v) is 18.4. The predicted molar refractivity (Wildman–Crippen MR) is 117 cm³/mol. The molecule has 3 heterocycles. The van der Waals surface area contributed by atoms with Crippen molar-refractivity contribution in [2.24, 2.45) is 17.8 Å². The van der Waals surface area contributed by atoms with E-state index in [9.17, 15) is 8.78 Å². The highest BCUT2D eigenvalue weighted by molar-refractivity contribution is 6.07. The maximum atomic E-state index is 12.6. The number of nitrogen functional groups attached to an aromatic ring is 1. The summed E-state index contributed by atoms with van der Waals surface area (Å²) in [6.45, 7) is 3.12. The second-order valence-corrected chi connectivity index (χ2v) is 9.82. The smallest absolute Gasteiger partial charge is 0.387 e. The zero-order valence-electron chi connectivity index (χ0n) is 18.4. The standard InChI is InChI=1S/C23H31F2N5O2/c1-11(2)29-19(7-18(26)12-3-20(32-23(24)25)22(27)28-8-12)21-16-5-13(6-17(16)21)30-9-15-4-14(30)10-31-15/h3,7-8,11,13-17,21,23,26,29H,4-6,9-10H2,1-2H3,(H2,27,28)/b19-7-,26-18?/t13-,14-,15-,16+,17-,21-/m0/s1. The first-order valence-electron chi connectivity index (χ1n) is 11.4. The molecule has 9 heteroatoms. The summed E-state index contributed by atoms with van der Waals surface area (Å²) in [5, 5.41) is 12.1. The van der Waals surface area contributed by atoms with E-state index in [-0.39, 0.29) is 23.3 Å². The molecule has 5 rings (SSSR count). The van der Waals surface area contributed by atoms with E-state index < -0.39 is 6.61 Å². The van der Waals surface area contributed by atoms with E-state index in [4.69, 9.17) is 15.9 Å². The average Bonchev–Trinajstić information content (AvgIpc) is 3.16. The van der Waals surface area contributed by atoms with Gasteiger partial charge in [0.05, 0.1) is 18.4 Å². The summed E-state index contributed by atoms with van der Waals surface area (Å²) in [6.07, 6.45) is 7.24. The van der Waals surface area contributed by atoms with E-state index in [1.54, 1.807) is 0 Å². The Hall–Kier alpha value is -2.26. The molecule has 2 saturated carbocycles. The molecule has 2 aliphatic heterocycles. The number of rotatable bonds is 8. The molecule has 6 atom stereocenters. The van der Waals surface area contributed by atoms with Gasteiger partial charge in [-0.05, 0) is 57.1 Å². The minimum Gasteiger partial charge on any atom is -0.431 e. The quantitative estimate of drug-likeness (QED) is 0.530. The third kappa shape index (κ3) is 4.08. The van der Waals surface area contributed by atoms with E-state index in [1.807, 2.05) is 6.08 Å². The number of aromatic nitrogens is 1. The number of pyridine rings is 1. The third-order valence-electron chi connectivity index (χ3n) is 7.35. The highest BCUT2D eigenvalue weighted by atomic mass is 19.3. The van der Waals surface area contributed by atoms with Gasteiger partial charge in [0.15, 0.2) is 11.6 Å². The van der Waals surface area contributed by atoms with E-state index >= 15 is 0 Å². The van der Waals surface area contributed by atoms with Crippen LogP contribution in [0.15, 0.2) is 24.0 Å². The highest BCUT2D eigenvalue weighted by Crippen LogP contribution is 2.61. The van der Waals surface area contributed by atoms with E-state index in [0.717, 1.165) is 18.8 Å². The Morgan fingerprint density at radius 1 is 1.31 bits per heavy atom. The number of morpholine rings is 1. The number of halogens is 2. The van der Waals surface area contributed by atoms with Crippen LogP contribution in [-0.4, -0.2) is 59.6 Å². The fourth-order valence-electron chi connectivity index (χ4n) is 6.02. The summed E-state index contributed by atoms with van der Waals surface area (Å²) in [7, 11) is 0. The number of anilines is 1. The topological polar surface area (TPSA) is 96.5 Å². The normalized spacial score (nSPS) is 33.8. The number of hydrogen-bond acceptors (Lipinski definition) is 7. The van der Waals surface area contributed by atoms with Crippen molar-refractivity contribution in [2.45, 2.75) is 64.0 Å². The molecule has 174 valence electrons. The van der Waals surface area contributed by atoms with Crippen molar-refractivity contribution in [2.75, 3.05) is 18.9 Å². The molecule has 7 nitrogen and oxygen atoms in total. The van der Waals surface area contributed by atoms with Gasteiger partial charge in [0.2, 0.25) is 0 Å². The van der Waals surface area contributed by atoms with Gasteiger partial charge in [-0.2, -0.15) is 8.78 Å². The van der Waals surface area contributed by atoms with Gasteiger partial charge in [0, 0.05) is 48.0 Å². The molecule has 0 aromatic carbocycles. The van der Waals surface area contributed by atoms with Crippen LogP contribution in [0.2, 0.25) is 0 Å². The van der Waals surface area contributed by atoms with Crippen molar-refractivity contribution in [3.63, 3.8) is 0 Å². The van der Waals surface area contributed by atoms with Crippen LogP contribution in [0.3, 0.4) is 0 Å². The molecule has 0 spiro atoms. The van der Waals surface area contributed by atoms with Crippen molar-refractivity contribution in [3.8, 4) is 5.75 Å². The summed E-state index contributed by atoms with van der Waals surface area (Å²) < 4.78 is 35.5. The average molecular weight is 448 g/mol. The Balaban J connectivity index is 1.28. The van der Waals surface area contributed by atoms with Crippen LogP contribution < -0.4 is 15.8 Å². The Morgan fingerprint density at radius 3 is 2.66 bits per heavy atom. The monoisotopic (exact) mass is 447 g/mol. The van der Waals surface area contributed by atoms with Gasteiger partial charge < -0.3 is 25.9 Å². The second-order valence-electron chi connectivity index (χ2n) is 9.82. The molecule has 0 radical (unpaired) electrons. The van der Waals surface area contributed by atoms with Crippen molar-refractivity contribution < 1.29 is 18.3 Å². The Bertz CT molecular complexity index is 912. The van der Waals surface area contributed by atoms with Gasteiger partial charge in [0.25, 0.3) is 0 Å². The highest BCUT2D eigenvalue weighted by Gasteiger charge is 2.59. The summed E-state index contributed by atoms with van der Waals surface area (Å²) in [5.74, 6) is 1.36. The first kappa shape index (κ1) is 21.6. The fraction of sp³-hybridized carbons (Fsp3) is 0.652. The van der Waals surface area contributed by atoms with Crippen LogP contribution in [0.1, 0.15) is 38.7 Å². The fourth-order valence-corrected chi connectivity index (χ4v) is 6.02. The van der Waals surface area contributed by atoms with Crippen molar-refractivity contribution in [1.82, 2.24) is 15.2 Å². The van der Waals surface area contributed by atoms with E-state index in [2.05, 4.69) is 33.8 Å². The molecule has 2 aliphatic carbocycles. The molecule has 4 fully saturated rings. The molecule has 1 aromatic heterocycles. The molecule has 1 aromatic rings. The lowest BCUT2D eigenvalue weighted by molar-refractivity contribution is -0.0495. The summed E-state index contributed by atoms with van der Waals surface area (Å²) in [5.41, 5.74) is 7.29. The Labute approximate surface area is 186 Å². The van der Waals surface area contributed by atoms with Gasteiger partial charge in [-0.25, -0.2) is 4.98 Å². The summed E-state index contributed by atoms with van der Waals surface area (Å²) >= 11 is 0. The first-order valence-corrected chi connectivity index (χ1v) is 11.4. The number of nitrogens with two attached hydrogens (primary N) is 1. The lowest BCUT2D eigenvalue weighted by atomic mass is 10.0. The van der Waals surface area contributed by atoms with Crippen LogP contribution in [0, 0.1) is 23.2 Å². The van der Waals surface area contributed by atoms with E-state index in [0.29, 0.717) is 41.5 Å². The molecular weight excluding hydrogens is 416 g/mol. The number of nitrogens with zero attached hydrogens (tertiary/aromatic N) is 2. The number of likely N-dealkylation sites (tertiary alicyclic amines) is 1. The largest absolute Gasteiger partial charge is 0.431 e. The van der Waals surface area contributed by atoms with Crippen molar-refractivity contribution >= 4 is 11.5 Å². The Kier molecular flexibility index (Phi) is 5.57. The van der Waals surface area contributed by atoms with Crippen LogP contribution in [0.25, 0.3) is 0 Å². The minimum absolute atomic E-state index is 0.116. The van der Waals surface area contributed by atoms with Gasteiger partial charge in [0.1, 0.15) is 0 Å². The molecule has 2 saturated heterocycles. The van der Waals surface area contributed by atoms with Gasteiger partial charge in [-0.3, -0.25) is 4.90 Å². The van der Waals surface area contributed by atoms with Gasteiger partial charge in [-0.15, -0.1) is 0 Å². The predicted octanol–water partition coefficient (Wildman–Crippen LogP) is 3.01. The molecule has 32 heavy (non-hydrogen) atoms. The lowest BCUT2D eigenvalue weighted by Gasteiger charge is -2.34. The summed E-state index contributed by atoms with van der Waals surface area (Å²) in [6, 6.07) is 2.84. The minimum atomic E-state index is -2.99. The maximum absolute atomic E-state index is 12.6. The van der Waals surface area contributed by atoms with Crippen molar-refractivity contribution in [3.05, 3.63) is 29.6 Å². The van der Waals surface area contributed by atoms with Crippen LogP contribution in [-0.2, 0) is 4.74 Å². The molecule has 0 amide bonds. The number of alkyl halides is 2. The third-order valence-corrected chi connectivity index (χ3v) is 7.35. The summed E-state index contributed by atoms with van der Waals surface area (Å²) in [4.78, 5) is 6.59. The molecule has 4 aliphatic rings. The number of nitrogens with one attached hydrogen (secondary N) is 2. The van der Waals surface area contributed by atoms with Gasteiger partial charge in [-0.1, -0.05) is 0 Å². The van der Waals surface area contributed by atoms with Gasteiger partial charge >= 0.3 is 6.61 Å². The number of allylic oxidation sites excluding steroid dienone is 2. The molecule has 0 unspecified atom stereocenters. The van der Waals surface area contributed by atoms with E-state index in [1.165, 1.54) is 31.5 Å². The van der Waals surface area contributed by atoms with Crippen molar-refractivity contribution in [1.29, 1.82) is 5.41 Å². The first-order chi connectivity index (χ1) is 15.3. The number of fused-ring (bicyclic) bond motifs is 3. The molecule has 4 N–H and O–H groups in total. The second kappa shape index (κ2) is 8.26. The van der Waals surface area contributed by atoms with Crippen LogP contribution in [0.5, 0.6) is 5.75 Å². The molecular formula is C23H31F2N5O2. The number of hydrogen-bond donors (Lipinski definition) is 3. The maximum Gasteiger partial charge on any atom is 0.387 e.